The average Bonchev–Trinajstić information content (AvgIpc) is 2.84. The maximum atomic E-state index is 12.6. The van der Waals surface area contributed by atoms with E-state index in [0.717, 1.165) is 16.7 Å². The number of nitrogens with zero attached hydrogens (tertiary/aromatic N) is 2. The number of anilines is 1. The van der Waals surface area contributed by atoms with Gasteiger partial charge in [-0.1, -0.05) is 0 Å². The van der Waals surface area contributed by atoms with Gasteiger partial charge in [0.25, 0.3) is 5.56 Å². The molecule has 0 atom stereocenters. The number of nitrogens with one attached hydrogen (secondary N) is 1. The molecule has 0 unspecified atom stereocenters. The molecule has 1 aromatic carbocycles. The molecule has 0 radical (unpaired) electrons. The minimum atomic E-state index is -3.38. The van der Waals surface area contributed by atoms with Crippen LogP contribution in [0, 0.1) is 13.8 Å². The summed E-state index contributed by atoms with van der Waals surface area (Å²) in [4.78, 5) is 31.1. The highest BCUT2D eigenvalue weighted by molar-refractivity contribution is 7.92. The fourth-order valence-electron chi connectivity index (χ4n) is 2.57. The number of aromatic nitrogens is 2. The van der Waals surface area contributed by atoms with E-state index in [1.165, 1.54) is 46.5 Å². The van der Waals surface area contributed by atoms with E-state index < -0.39 is 10.0 Å². The molecule has 1 N–H and O–H groups in total. The van der Waals surface area contributed by atoms with Crippen LogP contribution >= 0.6 is 11.3 Å². The summed E-state index contributed by atoms with van der Waals surface area (Å²) in [6, 6.07) is 6.05. The van der Waals surface area contributed by atoms with Gasteiger partial charge >= 0.3 is 0 Å². The third-order valence-electron chi connectivity index (χ3n) is 3.98. The number of thiophene rings is 1. The lowest BCUT2D eigenvalue weighted by Gasteiger charge is -2.07. The van der Waals surface area contributed by atoms with Crippen LogP contribution in [0.4, 0.5) is 5.69 Å². The molecule has 0 saturated heterocycles. The Morgan fingerprint density at radius 2 is 1.88 bits per heavy atom. The Bertz CT molecular complexity index is 1160. The molecular weight excluding hydrogens is 374 g/mol. The van der Waals surface area contributed by atoms with Gasteiger partial charge in [-0.25, -0.2) is 13.4 Å². The molecule has 136 valence electrons. The molecule has 0 bridgehead atoms. The average molecular weight is 391 g/mol. The van der Waals surface area contributed by atoms with Crippen molar-refractivity contribution in [1.29, 1.82) is 0 Å². The Balaban J connectivity index is 1.86. The van der Waals surface area contributed by atoms with Gasteiger partial charge in [0.05, 0.1) is 24.5 Å². The van der Waals surface area contributed by atoms with Crippen molar-refractivity contribution in [3.63, 3.8) is 0 Å². The Labute approximate surface area is 154 Å². The van der Waals surface area contributed by atoms with Crippen LogP contribution in [0.5, 0.6) is 0 Å². The molecule has 26 heavy (non-hydrogen) atoms. The summed E-state index contributed by atoms with van der Waals surface area (Å²) in [6.45, 7) is 3.68. The van der Waals surface area contributed by atoms with E-state index in [1.54, 1.807) is 0 Å². The van der Waals surface area contributed by atoms with Gasteiger partial charge in [-0.2, -0.15) is 0 Å². The number of ketones is 1. The number of aryl methyl sites for hydroxylation is 2. The fraction of sp³-hybridized carbons (Fsp3) is 0.235. The van der Waals surface area contributed by atoms with Crippen molar-refractivity contribution in [3.8, 4) is 0 Å². The SMILES string of the molecule is Cc1sc2ncn(CC(=O)c3ccc(NS(C)(=O)=O)cc3)c(=O)c2c1C. The lowest BCUT2D eigenvalue weighted by molar-refractivity contribution is 0.0970. The van der Waals surface area contributed by atoms with Crippen LogP contribution < -0.4 is 10.3 Å². The van der Waals surface area contributed by atoms with Gasteiger partial charge in [0, 0.05) is 16.1 Å². The van der Waals surface area contributed by atoms with Crippen LogP contribution in [0.15, 0.2) is 35.4 Å². The molecule has 2 aromatic heterocycles. The second kappa shape index (κ2) is 6.65. The van der Waals surface area contributed by atoms with Gasteiger partial charge in [-0.05, 0) is 43.7 Å². The quantitative estimate of drug-likeness (QED) is 0.673. The first kappa shape index (κ1) is 18.3. The molecule has 3 aromatic rings. The molecule has 0 saturated carbocycles. The molecule has 0 fully saturated rings. The zero-order valence-electron chi connectivity index (χ0n) is 14.4. The molecule has 0 aliphatic rings. The molecule has 0 amide bonds. The third-order valence-corrected chi connectivity index (χ3v) is 5.70. The van der Waals surface area contributed by atoms with E-state index in [2.05, 4.69) is 9.71 Å². The van der Waals surface area contributed by atoms with Gasteiger partial charge < -0.3 is 0 Å². The first-order valence-corrected chi connectivity index (χ1v) is 10.4. The second-order valence-corrected chi connectivity index (χ2v) is 8.97. The summed E-state index contributed by atoms with van der Waals surface area (Å²) in [7, 11) is -3.38. The number of Topliss-reactive ketones (excluding diaryl/α,β-unsaturated/α-hetero) is 1. The second-order valence-electron chi connectivity index (χ2n) is 6.02. The summed E-state index contributed by atoms with van der Waals surface area (Å²) in [5.74, 6) is -0.260. The third kappa shape index (κ3) is 3.68. The molecule has 0 spiro atoms. The van der Waals surface area contributed by atoms with Gasteiger partial charge in [0.15, 0.2) is 5.78 Å². The molecule has 7 nitrogen and oxygen atoms in total. The van der Waals surface area contributed by atoms with E-state index in [-0.39, 0.29) is 17.9 Å². The predicted molar refractivity (Wildman–Crippen MR) is 103 cm³/mol. The minimum Gasteiger partial charge on any atom is -0.292 e. The Kier molecular flexibility index (Phi) is 4.68. The number of carbonyl (C=O) groups is 1. The zero-order valence-corrected chi connectivity index (χ0v) is 16.1. The Hall–Kier alpha value is -2.52. The lowest BCUT2D eigenvalue weighted by Crippen LogP contribution is -2.24. The van der Waals surface area contributed by atoms with Crippen molar-refractivity contribution in [2.24, 2.45) is 0 Å². The maximum absolute atomic E-state index is 12.6. The van der Waals surface area contributed by atoms with Gasteiger partial charge in [0.2, 0.25) is 10.0 Å². The van der Waals surface area contributed by atoms with Gasteiger partial charge in [-0.15, -0.1) is 11.3 Å². The standard InChI is InChI=1S/C17H17N3O4S2/c1-10-11(2)25-16-15(10)17(22)20(9-18-16)8-14(21)12-4-6-13(7-5-12)19-26(3,23)24/h4-7,9,19H,8H2,1-3H3. The normalized spacial score (nSPS) is 11.7. The predicted octanol–water partition coefficient (Wildman–Crippen LogP) is 2.33. The van der Waals surface area contributed by atoms with Crippen molar-refractivity contribution >= 4 is 43.0 Å². The van der Waals surface area contributed by atoms with E-state index in [0.29, 0.717) is 21.5 Å². The molecule has 0 aliphatic carbocycles. The smallest absolute Gasteiger partial charge is 0.262 e. The number of carbonyl (C=O) groups excluding carboxylic acids is 1. The van der Waals surface area contributed by atoms with Crippen molar-refractivity contribution in [3.05, 3.63) is 57.0 Å². The van der Waals surface area contributed by atoms with Crippen LogP contribution in [-0.4, -0.2) is 30.0 Å². The van der Waals surface area contributed by atoms with Crippen molar-refractivity contribution < 1.29 is 13.2 Å². The zero-order chi connectivity index (χ0) is 19.1. The minimum absolute atomic E-state index is 0.130. The van der Waals surface area contributed by atoms with E-state index in [9.17, 15) is 18.0 Å². The highest BCUT2D eigenvalue weighted by Crippen LogP contribution is 2.25. The number of hydrogen-bond acceptors (Lipinski definition) is 6. The molecular formula is C17H17N3O4S2. The van der Waals surface area contributed by atoms with E-state index >= 15 is 0 Å². The highest BCUT2D eigenvalue weighted by Gasteiger charge is 2.14. The number of sulfonamides is 1. The van der Waals surface area contributed by atoms with E-state index in [1.807, 2.05) is 13.8 Å². The van der Waals surface area contributed by atoms with Crippen molar-refractivity contribution in [2.45, 2.75) is 20.4 Å². The first-order valence-electron chi connectivity index (χ1n) is 7.72. The van der Waals surface area contributed by atoms with Crippen LogP contribution in [0.1, 0.15) is 20.8 Å². The number of benzene rings is 1. The molecule has 2 heterocycles. The summed E-state index contributed by atoms with van der Waals surface area (Å²) in [5.41, 5.74) is 1.41. The van der Waals surface area contributed by atoms with E-state index in [4.69, 9.17) is 0 Å². The molecule has 3 rings (SSSR count). The number of hydrogen-bond donors (Lipinski definition) is 1. The van der Waals surface area contributed by atoms with Gasteiger partial charge in [0.1, 0.15) is 4.83 Å². The monoisotopic (exact) mass is 391 g/mol. The molecule has 9 heteroatoms. The fourth-order valence-corrected chi connectivity index (χ4v) is 4.12. The van der Waals surface area contributed by atoms with Crippen LogP contribution in [0.2, 0.25) is 0 Å². The van der Waals surface area contributed by atoms with Gasteiger partial charge in [-0.3, -0.25) is 18.9 Å². The lowest BCUT2D eigenvalue weighted by atomic mass is 10.1. The van der Waals surface area contributed by atoms with Crippen LogP contribution in [0.25, 0.3) is 10.2 Å². The first-order chi connectivity index (χ1) is 12.2. The van der Waals surface area contributed by atoms with Crippen molar-refractivity contribution in [1.82, 2.24) is 9.55 Å². The van der Waals surface area contributed by atoms with Crippen LogP contribution in [0.3, 0.4) is 0 Å². The van der Waals surface area contributed by atoms with Crippen LogP contribution in [-0.2, 0) is 16.6 Å². The summed E-state index contributed by atoms with van der Waals surface area (Å²) in [5, 5.41) is 0.551. The maximum Gasteiger partial charge on any atom is 0.262 e. The highest BCUT2D eigenvalue weighted by atomic mass is 32.2. The Morgan fingerprint density at radius 3 is 2.50 bits per heavy atom. The number of rotatable bonds is 5. The number of fused-ring (bicyclic) bond motifs is 1. The summed E-state index contributed by atoms with van der Waals surface area (Å²) >= 11 is 1.46. The Morgan fingerprint density at radius 1 is 1.23 bits per heavy atom. The van der Waals surface area contributed by atoms with Crippen molar-refractivity contribution in [2.75, 3.05) is 11.0 Å². The summed E-state index contributed by atoms with van der Waals surface area (Å²) < 4.78 is 26.1. The topological polar surface area (TPSA) is 98.1 Å². The largest absolute Gasteiger partial charge is 0.292 e. The summed E-state index contributed by atoms with van der Waals surface area (Å²) in [6.07, 6.45) is 2.44. The molecule has 0 aliphatic heterocycles.